The predicted octanol–water partition coefficient (Wildman–Crippen LogP) is 4.62. The van der Waals surface area contributed by atoms with E-state index >= 15 is 0 Å². The van der Waals surface area contributed by atoms with Gasteiger partial charge in [-0.3, -0.25) is 9.59 Å². The van der Waals surface area contributed by atoms with Gasteiger partial charge in [0, 0.05) is 36.3 Å². The molecule has 1 amide bonds. The molecule has 5 heteroatoms. The van der Waals surface area contributed by atoms with Gasteiger partial charge in [0.25, 0.3) is 11.5 Å². The molecule has 1 heterocycles. The smallest absolute Gasteiger partial charge is 0.258 e. The van der Waals surface area contributed by atoms with Gasteiger partial charge in [0.05, 0.1) is 5.52 Å². The highest BCUT2D eigenvalue weighted by Crippen LogP contribution is 2.42. The molecule has 2 aromatic carbocycles. The largest absolute Gasteiger partial charge is 0.311 e. The van der Waals surface area contributed by atoms with Gasteiger partial charge >= 0.3 is 0 Å². The molecule has 1 aliphatic carbocycles. The average Bonchev–Trinajstić information content (AvgIpc) is 3.53. The van der Waals surface area contributed by atoms with Crippen LogP contribution in [-0.2, 0) is 6.54 Å². The lowest BCUT2D eigenvalue weighted by molar-refractivity contribution is 0.0993. The maximum absolute atomic E-state index is 13.9. The van der Waals surface area contributed by atoms with E-state index in [0.29, 0.717) is 29.3 Å². The Morgan fingerprint density at radius 2 is 1.93 bits per heavy atom. The van der Waals surface area contributed by atoms with Crippen LogP contribution in [0, 0.1) is 12.7 Å². The van der Waals surface area contributed by atoms with Crippen molar-refractivity contribution >= 4 is 22.5 Å². The summed E-state index contributed by atoms with van der Waals surface area (Å²) in [5, 5.41) is 0.957. The number of fused-ring (bicyclic) bond motifs is 1. The maximum Gasteiger partial charge on any atom is 0.258 e. The van der Waals surface area contributed by atoms with Crippen LogP contribution in [0.1, 0.15) is 47.2 Å². The fourth-order valence-electron chi connectivity index (χ4n) is 3.70. The lowest BCUT2D eigenvalue weighted by Crippen LogP contribution is -2.26. The third-order valence-corrected chi connectivity index (χ3v) is 5.57. The molecule has 0 N–H and O–H groups in total. The molecule has 0 bridgehead atoms. The molecule has 1 aromatic heterocycles. The Hall–Kier alpha value is -2.95. The van der Waals surface area contributed by atoms with E-state index in [1.165, 1.54) is 11.0 Å². The number of aromatic nitrogens is 1. The van der Waals surface area contributed by atoms with Crippen molar-refractivity contribution in [2.24, 2.45) is 0 Å². The van der Waals surface area contributed by atoms with Crippen molar-refractivity contribution in [1.29, 1.82) is 0 Å². The SMILES string of the molecule is CCn1c(=O)cc(C2CC2)c2cc(C(=O)N(C)c3ccc(C)c(F)c3)ccc21. The number of halogens is 1. The van der Waals surface area contributed by atoms with Crippen molar-refractivity contribution in [3.05, 3.63) is 75.3 Å². The highest BCUT2D eigenvalue weighted by molar-refractivity contribution is 6.07. The zero-order valence-corrected chi connectivity index (χ0v) is 16.3. The monoisotopic (exact) mass is 378 g/mol. The molecule has 0 spiro atoms. The van der Waals surface area contributed by atoms with E-state index in [1.807, 2.05) is 19.1 Å². The molecule has 144 valence electrons. The predicted molar refractivity (Wildman–Crippen MR) is 110 cm³/mol. The van der Waals surface area contributed by atoms with E-state index in [0.717, 1.165) is 29.3 Å². The minimum Gasteiger partial charge on any atom is -0.311 e. The van der Waals surface area contributed by atoms with E-state index in [1.54, 1.807) is 42.8 Å². The van der Waals surface area contributed by atoms with Crippen molar-refractivity contribution in [2.75, 3.05) is 11.9 Å². The van der Waals surface area contributed by atoms with E-state index in [-0.39, 0.29) is 17.3 Å². The summed E-state index contributed by atoms with van der Waals surface area (Å²) in [5.74, 6) is -0.143. The molecule has 0 unspecified atom stereocenters. The number of anilines is 1. The molecule has 0 saturated heterocycles. The Morgan fingerprint density at radius 1 is 1.18 bits per heavy atom. The van der Waals surface area contributed by atoms with Crippen molar-refractivity contribution in [3.8, 4) is 0 Å². The molecule has 0 atom stereocenters. The maximum atomic E-state index is 13.9. The molecular formula is C23H23FN2O2. The number of amides is 1. The number of hydrogen-bond acceptors (Lipinski definition) is 2. The van der Waals surface area contributed by atoms with E-state index in [4.69, 9.17) is 0 Å². The minimum absolute atomic E-state index is 0.00299. The number of nitrogens with zero attached hydrogens (tertiary/aromatic N) is 2. The zero-order chi connectivity index (χ0) is 20.0. The number of benzene rings is 2. The summed E-state index contributed by atoms with van der Waals surface area (Å²) < 4.78 is 15.6. The van der Waals surface area contributed by atoms with Crippen LogP contribution in [0.15, 0.2) is 47.3 Å². The third-order valence-electron chi connectivity index (χ3n) is 5.57. The summed E-state index contributed by atoms with van der Waals surface area (Å²) in [6.45, 7) is 4.21. The second-order valence-electron chi connectivity index (χ2n) is 7.49. The van der Waals surface area contributed by atoms with Gasteiger partial charge in [0.15, 0.2) is 0 Å². The Kier molecular flexibility index (Phi) is 4.53. The Morgan fingerprint density at radius 3 is 2.57 bits per heavy atom. The standard InChI is InChI=1S/C23H23FN2O2/c1-4-26-21-10-8-16(11-19(21)18(13-22(26)27)15-6-7-15)23(28)25(3)17-9-5-14(2)20(24)12-17/h5,8-13,15H,4,6-7H2,1-3H3. The van der Waals surface area contributed by atoms with Crippen molar-refractivity contribution in [1.82, 2.24) is 4.57 Å². The molecule has 4 nitrogen and oxygen atoms in total. The molecule has 28 heavy (non-hydrogen) atoms. The van der Waals surface area contributed by atoms with Gasteiger partial charge < -0.3 is 9.47 Å². The van der Waals surface area contributed by atoms with Crippen molar-refractivity contribution < 1.29 is 9.18 Å². The number of aryl methyl sites for hydroxylation is 2. The van der Waals surface area contributed by atoms with E-state index < -0.39 is 0 Å². The highest BCUT2D eigenvalue weighted by Gasteiger charge is 2.27. The summed E-state index contributed by atoms with van der Waals surface area (Å²) in [4.78, 5) is 26.9. The second kappa shape index (κ2) is 6.89. The molecule has 4 rings (SSSR count). The van der Waals surface area contributed by atoms with Gasteiger partial charge in [-0.25, -0.2) is 4.39 Å². The van der Waals surface area contributed by atoms with Crippen LogP contribution in [0.4, 0.5) is 10.1 Å². The topological polar surface area (TPSA) is 42.3 Å². The number of carbonyl (C=O) groups is 1. The first-order valence-corrected chi connectivity index (χ1v) is 9.62. The number of carbonyl (C=O) groups excluding carboxylic acids is 1. The summed E-state index contributed by atoms with van der Waals surface area (Å²) in [6, 6.07) is 12.0. The molecule has 0 aliphatic heterocycles. The number of rotatable bonds is 4. The zero-order valence-electron chi connectivity index (χ0n) is 16.3. The Bertz CT molecular complexity index is 1150. The summed E-state index contributed by atoms with van der Waals surface area (Å²) >= 11 is 0. The van der Waals surface area contributed by atoms with Crippen LogP contribution in [0.25, 0.3) is 10.9 Å². The number of hydrogen-bond donors (Lipinski definition) is 0. The Balaban J connectivity index is 1.79. The first-order valence-electron chi connectivity index (χ1n) is 9.62. The van der Waals surface area contributed by atoms with Gasteiger partial charge in [0.2, 0.25) is 0 Å². The van der Waals surface area contributed by atoms with Crippen LogP contribution >= 0.6 is 0 Å². The van der Waals surface area contributed by atoms with Crippen molar-refractivity contribution in [2.45, 2.75) is 39.2 Å². The van der Waals surface area contributed by atoms with Crippen LogP contribution in [0.2, 0.25) is 0 Å². The summed E-state index contributed by atoms with van der Waals surface area (Å²) in [5.41, 5.74) is 3.47. The molecule has 1 fully saturated rings. The molecule has 1 aliphatic rings. The van der Waals surface area contributed by atoms with Gasteiger partial charge in [0.1, 0.15) is 5.82 Å². The number of pyridine rings is 1. The van der Waals surface area contributed by atoms with E-state index in [9.17, 15) is 14.0 Å². The molecular weight excluding hydrogens is 355 g/mol. The fourth-order valence-corrected chi connectivity index (χ4v) is 3.70. The van der Waals surface area contributed by atoms with Gasteiger partial charge in [-0.2, -0.15) is 0 Å². The Labute approximate surface area is 163 Å². The minimum atomic E-state index is -0.335. The van der Waals surface area contributed by atoms with Crippen molar-refractivity contribution in [3.63, 3.8) is 0 Å². The van der Waals surface area contributed by atoms with Crippen LogP contribution in [0.5, 0.6) is 0 Å². The quantitative estimate of drug-likeness (QED) is 0.665. The lowest BCUT2D eigenvalue weighted by atomic mass is 10.0. The third kappa shape index (κ3) is 3.11. The van der Waals surface area contributed by atoms with Gasteiger partial charge in [-0.15, -0.1) is 0 Å². The molecule has 3 aromatic rings. The normalized spacial score (nSPS) is 13.7. The summed E-state index contributed by atoms with van der Waals surface area (Å²) in [7, 11) is 1.64. The molecule has 0 radical (unpaired) electrons. The first-order chi connectivity index (χ1) is 13.4. The first kappa shape index (κ1) is 18.4. The average molecular weight is 378 g/mol. The molecule has 1 saturated carbocycles. The second-order valence-corrected chi connectivity index (χ2v) is 7.49. The summed E-state index contributed by atoms with van der Waals surface area (Å²) in [6.07, 6.45) is 2.15. The van der Waals surface area contributed by atoms with Crippen LogP contribution < -0.4 is 10.5 Å². The van der Waals surface area contributed by atoms with Gasteiger partial charge in [-0.05, 0) is 74.1 Å². The highest BCUT2D eigenvalue weighted by atomic mass is 19.1. The van der Waals surface area contributed by atoms with E-state index in [2.05, 4.69) is 0 Å². The lowest BCUT2D eigenvalue weighted by Gasteiger charge is -2.19. The van der Waals surface area contributed by atoms with Crippen LogP contribution in [-0.4, -0.2) is 17.5 Å². The fraction of sp³-hybridized carbons (Fsp3) is 0.304. The van der Waals surface area contributed by atoms with Crippen LogP contribution in [0.3, 0.4) is 0 Å². The van der Waals surface area contributed by atoms with Gasteiger partial charge in [-0.1, -0.05) is 6.07 Å².